The highest BCUT2D eigenvalue weighted by Crippen LogP contribution is 2.25. The summed E-state index contributed by atoms with van der Waals surface area (Å²) in [6.07, 6.45) is 3.50. The third-order valence-corrected chi connectivity index (χ3v) is 4.05. The summed E-state index contributed by atoms with van der Waals surface area (Å²) >= 11 is 1.41. The molecular formula is C16H15N3O3S. The lowest BCUT2D eigenvalue weighted by Crippen LogP contribution is -2.12. The highest BCUT2D eigenvalue weighted by molar-refractivity contribution is 7.13. The number of nitrogens with zero attached hydrogens (tertiary/aromatic N) is 3. The van der Waals surface area contributed by atoms with Crippen molar-refractivity contribution in [3.8, 4) is 16.3 Å². The first-order valence-electron chi connectivity index (χ1n) is 7.01. The summed E-state index contributed by atoms with van der Waals surface area (Å²) < 4.78 is 12.0. The van der Waals surface area contributed by atoms with Gasteiger partial charge in [-0.3, -0.25) is 4.68 Å². The molecule has 0 unspecified atom stereocenters. The topological polar surface area (TPSA) is 66.2 Å². The number of hydrogen-bond donors (Lipinski definition) is 0. The molecule has 0 aliphatic heterocycles. The number of aromatic nitrogens is 3. The first-order valence-corrected chi connectivity index (χ1v) is 7.89. The molecule has 0 spiro atoms. The largest absolute Gasteiger partial charge is 0.497 e. The molecular weight excluding hydrogens is 314 g/mol. The molecule has 2 aromatic heterocycles. The zero-order valence-electron chi connectivity index (χ0n) is 12.5. The first kappa shape index (κ1) is 15.2. The molecule has 7 heteroatoms. The van der Waals surface area contributed by atoms with E-state index in [9.17, 15) is 4.79 Å². The van der Waals surface area contributed by atoms with E-state index in [2.05, 4.69) is 10.1 Å². The van der Waals surface area contributed by atoms with Crippen LogP contribution in [0.25, 0.3) is 10.6 Å². The van der Waals surface area contributed by atoms with Crippen LogP contribution >= 0.6 is 11.3 Å². The van der Waals surface area contributed by atoms with Crippen LogP contribution < -0.4 is 4.74 Å². The summed E-state index contributed by atoms with van der Waals surface area (Å²) in [6.45, 7) is 0.782. The Balaban J connectivity index is 1.60. The van der Waals surface area contributed by atoms with Crippen molar-refractivity contribution in [1.82, 2.24) is 14.8 Å². The Labute approximate surface area is 137 Å². The molecule has 0 radical (unpaired) electrons. The molecule has 0 aliphatic rings. The summed E-state index contributed by atoms with van der Waals surface area (Å²) in [7, 11) is 1.62. The van der Waals surface area contributed by atoms with E-state index in [1.165, 1.54) is 11.3 Å². The Morgan fingerprint density at radius 1 is 1.30 bits per heavy atom. The Morgan fingerprint density at radius 2 is 2.13 bits per heavy atom. The fourth-order valence-corrected chi connectivity index (χ4v) is 2.77. The molecule has 118 valence electrons. The predicted molar refractivity (Wildman–Crippen MR) is 86.6 cm³/mol. The van der Waals surface area contributed by atoms with Gasteiger partial charge >= 0.3 is 5.97 Å². The summed E-state index contributed by atoms with van der Waals surface area (Å²) in [6, 6.07) is 9.36. The zero-order valence-corrected chi connectivity index (χ0v) is 13.3. The minimum absolute atomic E-state index is 0.260. The van der Waals surface area contributed by atoms with Gasteiger partial charge in [0.2, 0.25) is 0 Å². The van der Waals surface area contributed by atoms with Crippen LogP contribution in [0.4, 0.5) is 0 Å². The smallest absolute Gasteiger partial charge is 0.357 e. The van der Waals surface area contributed by atoms with E-state index in [1.54, 1.807) is 23.4 Å². The normalized spacial score (nSPS) is 10.5. The van der Waals surface area contributed by atoms with Gasteiger partial charge in [-0.05, 0) is 30.3 Å². The lowest BCUT2D eigenvalue weighted by atomic mass is 10.2. The second-order valence-corrected chi connectivity index (χ2v) is 5.53. The van der Waals surface area contributed by atoms with Gasteiger partial charge in [-0.15, -0.1) is 11.3 Å². The second-order valence-electron chi connectivity index (χ2n) is 4.67. The Kier molecular flexibility index (Phi) is 4.68. The van der Waals surface area contributed by atoms with Crippen molar-refractivity contribution in [2.45, 2.75) is 6.54 Å². The van der Waals surface area contributed by atoms with Gasteiger partial charge in [0, 0.05) is 23.3 Å². The number of methoxy groups -OCH3 is 1. The van der Waals surface area contributed by atoms with E-state index < -0.39 is 5.97 Å². The van der Waals surface area contributed by atoms with Gasteiger partial charge in [0.15, 0.2) is 5.69 Å². The number of esters is 1. The summed E-state index contributed by atoms with van der Waals surface area (Å²) in [4.78, 5) is 16.3. The molecule has 3 rings (SSSR count). The molecule has 6 nitrogen and oxygen atoms in total. The molecule has 1 aromatic carbocycles. The number of carbonyl (C=O) groups excluding carboxylic acids is 1. The lowest BCUT2D eigenvalue weighted by Gasteiger charge is -2.03. The number of hydrogen-bond acceptors (Lipinski definition) is 6. The Bertz CT molecular complexity index is 766. The fraction of sp³-hybridized carbons (Fsp3) is 0.188. The number of benzene rings is 1. The van der Waals surface area contributed by atoms with Crippen LogP contribution in [0.15, 0.2) is 48.1 Å². The summed E-state index contributed by atoms with van der Waals surface area (Å²) in [5.74, 6) is 0.358. The van der Waals surface area contributed by atoms with Gasteiger partial charge in [0.1, 0.15) is 17.4 Å². The Hall–Kier alpha value is -2.67. The van der Waals surface area contributed by atoms with Crippen molar-refractivity contribution in [3.63, 3.8) is 0 Å². The maximum atomic E-state index is 12.0. The monoisotopic (exact) mass is 329 g/mol. The quantitative estimate of drug-likeness (QED) is 0.651. The predicted octanol–water partition coefficient (Wildman–Crippen LogP) is 2.87. The molecule has 0 amide bonds. The third-order valence-electron chi connectivity index (χ3n) is 3.16. The first-order chi connectivity index (χ1) is 11.3. The van der Waals surface area contributed by atoms with Crippen molar-refractivity contribution < 1.29 is 14.3 Å². The highest BCUT2D eigenvalue weighted by atomic mass is 32.1. The molecule has 2 heterocycles. The van der Waals surface area contributed by atoms with E-state index in [0.717, 1.165) is 16.3 Å². The van der Waals surface area contributed by atoms with Crippen LogP contribution in [0.2, 0.25) is 0 Å². The molecule has 0 atom stereocenters. The van der Waals surface area contributed by atoms with Gasteiger partial charge in [0.25, 0.3) is 0 Å². The lowest BCUT2D eigenvalue weighted by molar-refractivity contribution is 0.0482. The highest BCUT2D eigenvalue weighted by Gasteiger charge is 2.13. The number of ether oxygens (including phenoxy) is 2. The minimum Gasteiger partial charge on any atom is -0.497 e. The van der Waals surface area contributed by atoms with Crippen molar-refractivity contribution >= 4 is 17.3 Å². The van der Waals surface area contributed by atoms with E-state index in [0.29, 0.717) is 12.2 Å². The zero-order chi connectivity index (χ0) is 16.1. The van der Waals surface area contributed by atoms with Crippen molar-refractivity contribution in [2.24, 2.45) is 0 Å². The number of carbonyl (C=O) groups is 1. The SMILES string of the molecule is COc1ccc(-c2nc(C(=O)OCCn3cccn3)cs2)cc1. The second kappa shape index (κ2) is 7.06. The number of rotatable bonds is 6. The van der Waals surface area contributed by atoms with Crippen LogP contribution in [-0.2, 0) is 11.3 Å². The van der Waals surface area contributed by atoms with Crippen LogP contribution in [0.1, 0.15) is 10.5 Å². The van der Waals surface area contributed by atoms with Gasteiger partial charge in [-0.1, -0.05) is 0 Å². The maximum Gasteiger partial charge on any atom is 0.357 e. The van der Waals surface area contributed by atoms with Gasteiger partial charge < -0.3 is 9.47 Å². The van der Waals surface area contributed by atoms with Crippen molar-refractivity contribution in [2.75, 3.05) is 13.7 Å². The molecule has 0 saturated heterocycles. The van der Waals surface area contributed by atoms with Crippen LogP contribution in [0.3, 0.4) is 0 Å². The molecule has 0 fully saturated rings. The maximum absolute atomic E-state index is 12.0. The molecule has 23 heavy (non-hydrogen) atoms. The van der Waals surface area contributed by atoms with E-state index in [1.807, 2.05) is 36.5 Å². The average molecular weight is 329 g/mol. The molecule has 3 aromatic rings. The fourth-order valence-electron chi connectivity index (χ4n) is 1.97. The van der Waals surface area contributed by atoms with Crippen molar-refractivity contribution in [1.29, 1.82) is 0 Å². The van der Waals surface area contributed by atoms with Gasteiger partial charge in [-0.2, -0.15) is 5.10 Å². The molecule has 0 bridgehead atoms. The van der Waals surface area contributed by atoms with Crippen LogP contribution in [-0.4, -0.2) is 34.5 Å². The van der Waals surface area contributed by atoms with Gasteiger partial charge in [0.05, 0.1) is 13.7 Å². The van der Waals surface area contributed by atoms with Crippen molar-refractivity contribution in [3.05, 3.63) is 53.8 Å². The molecule has 0 N–H and O–H groups in total. The van der Waals surface area contributed by atoms with E-state index >= 15 is 0 Å². The Morgan fingerprint density at radius 3 is 2.83 bits per heavy atom. The van der Waals surface area contributed by atoms with Crippen LogP contribution in [0, 0.1) is 0 Å². The standard InChI is InChI=1S/C16H15N3O3S/c1-21-13-5-3-12(4-6-13)15-18-14(11-23-15)16(20)22-10-9-19-8-2-7-17-19/h2-8,11H,9-10H2,1H3. The molecule has 0 saturated carbocycles. The van der Waals surface area contributed by atoms with Crippen LogP contribution in [0.5, 0.6) is 5.75 Å². The summed E-state index contributed by atoms with van der Waals surface area (Å²) in [5.41, 5.74) is 1.26. The number of thiazole rings is 1. The van der Waals surface area contributed by atoms with Gasteiger partial charge in [-0.25, -0.2) is 9.78 Å². The minimum atomic E-state index is -0.423. The summed E-state index contributed by atoms with van der Waals surface area (Å²) in [5, 5.41) is 6.52. The molecule has 0 aliphatic carbocycles. The average Bonchev–Trinajstić information content (AvgIpc) is 3.26. The van der Waals surface area contributed by atoms with E-state index in [-0.39, 0.29) is 6.61 Å². The van der Waals surface area contributed by atoms with E-state index in [4.69, 9.17) is 9.47 Å². The third kappa shape index (κ3) is 3.75.